The lowest BCUT2D eigenvalue weighted by molar-refractivity contribution is -0.141. The van der Waals surface area contributed by atoms with E-state index >= 15 is 0 Å². The Bertz CT molecular complexity index is 951. The summed E-state index contributed by atoms with van der Waals surface area (Å²) in [5.41, 5.74) is 1.77. The maximum atomic E-state index is 12.7. The number of nitrogens with one attached hydrogen (secondary N) is 1. The minimum atomic E-state index is -1.26. The molecule has 3 N–H and O–H groups in total. The number of hydrogen-bond acceptors (Lipinski definition) is 6. The van der Waals surface area contributed by atoms with Gasteiger partial charge in [0.25, 0.3) is 0 Å². The number of Topliss-reactive ketones (excluding diaryl/α,β-unsaturated/α-hetero) is 1. The summed E-state index contributed by atoms with van der Waals surface area (Å²) in [5.74, 6) is 0.908. The van der Waals surface area contributed by atoms with Crippen molar-refractivity contribution in [2.24, 2.45) is 45.1 Å². The maximum absolute atomic E-state index is 12.7. The van der Waals surface area contributed by atoms with Crippen LogP contribution < -0.4 is 5.32 Å². The number of ketones is 1. The molecule has 0 aromatic rings. The fourth-order valence-corrected chi connectivity index (χ4v) is 8.85. The second-order valence-corrected chi connectivity index (χ2v) is 12.9. The highest BCUT2D eigenvalue weighted by Crippen LogP contribution is 2.67. The molecule has 5 rings (SSSR count). The van der Waals surface area contributed by atoms with Gasteiger partial charge in [-0.1, -0.05) is 32.9 Å². The molecule has 8 heteroatoms. The summed E-state index contributed by atoms with van der Waals surface area (Å²) in [6.07, 6.45) is 11.7. The van der Waals surface area contributed by atoms with E-state index in [-0.39, 0.29) is 16.9 Å². The van der Waals surface area contributed by atoms with Crippen LogP contribution in [0.15, 0.2) is 17.3 Å². The van der Waals surface area contributed by atoms with Gasteiger partial charge in [-0.3, -0.25) is 4.79 Å². The molecule has 4 saturated carbocycles. The lowest BCUT2D eigenvalue weighted by Gasteiger charge is -2.63. The van der Waals surface area contributed by atoms with Gasteiger partial charge in [0.2, 0.25) is 0 Å². The summed E-state index contributed by atoms with van der Waals surface area (Å²) < 4.78 is 0. The average molecular weight is 517 g/mol. The lowest BCUT2D eigenvalue weighted by atomic mass is 9.41. The van der Waals surface area contributed by atoms with Crippen LogP contribution in [0.25, 0.3) is 0 Å². The van der Waals surface area contributed by atoms with Crippen molar-refractivity contribution in [2.75, 3.05) is 13.1 Å². The normalized spacial score (nSPS) is 41.4. The van der Waals surface area contributed by atoms with E-state index in [4.69, 9.17) is 20.2 Å². The van der Waals surface area contributed by atoms with Crippen LogP contribution in [-0.4, -0.2) is 52.8 Å². The molecule has 8 nitrogen and oxygen atoms in total. The van der Waals surface area contributed by atoms with Gasteiger partial charge in [-0.15, -0.1) is 0 Å². The van der Waals surface area contributed by atoms with Crippen molar-refractivity contribution < 1.29 is 29.4 Å². The van der Waals surface area contributed by atoms with Crippen LogP contribution in [-0.2, 0) is 19.2 Å². The first-order chi connectivity index (χ1) is 17.4. The highest BCUT2D eigenvalue weighted by Gasteiger charge is 2.62. The molecule has 1 saturated heterocycles. The first kappa shape index (κ1) is 27.8. The van der Waals surface area contributed by atoms with Crippen molar-refractivity contribution >= 4 is 23.4 Å². The van der Waals surface area contributed by atoms with Gasteiger partial charge < -0.3 is 20.4 Å². The standard InChI is InChI=1S/C25H40N2O2.C4H4O4/c1-23(2)20-7-5-17-18-6-8-22(28)25(18,4)12-9-19(17)24(20,3)13-10-21(23)27-29-16-11-14-26-15-16;5-3(6)1-2-4(7)8/h16-20,26H,5-15H2,1-4H3;1-2H,(H,5,6)(H,7,8)/b27-21+;2-1+/t16-,17+,18+,19+,20?,24-,25+;/m1./s1. The number of aliphatic carboxylic acids is 2. The number of nitrogens with zero attached hydrogens (tertiary/aromatic N) is 1. The lowest BCUT2D eigenvalue weighted by Crippen LogP contribution is -2.58. The SMILES string of the molecule is CC1(C)/C(=N/O[C@@H]2CCNC2)CC[C@@]2(C)C1CC[C@@H]1[C@@H]2CC[C@]2(C)C(=O)CC[C@@H]12.O=C(O)/C=C/C(=O)O. The summed E-state index contributed by atoms with van der Waals surface area (Å²) in [7, 11) is 0. The van der Waals surface area contributed by atoms with Crippen LogP contribution in [0, 0.1) is 39.9 Å². The predicted molar refractivity (Wildman–Crippen MR) is 140 cm³/mol. The minimum absolute atomic E-state index is 0.00960. The molecule has 206 valence electrons. The van der Waals surface area contributed by atoms with Gasteiger partial charge >= 0.3 is 11.9 Å². The molecule has 1 aliphatic heterocycles. The number of hydrogen-bond donors (Lipinski definition) is 3. The Hall–Kier alpha value is -2.22. The van der Waals surface area contributed by atoms with Crippen molar-refractivity contribution in [1.82, 2.24) is 5.32 Å². The number of rotatable bonds is 4. The molecule has 7 atom stereocenters. The summed E-state index contributed by atoms with van der Waals surface area (Å²) in [6, 6.07) is 0. The summed E-state index contributed by atoms with van der Waals surface area (Å²) in [4.78, 5) is 37.7. The Morgan fingerprint density at radius 1 is 0.946 bits per heavy atom. The van der Waals surface area contributed by atoms with Crippen molar-refractivity contribution in [3.63, 3.8) is 0 Å². The van der Waals surface area contributed by atoms with Crippen molar-refractivity contribution in [3.05, 3.63) is 12.2 Å². The third kappa shape index (κ3) is 5.23. The molecule has 0 radical (unpaired) electrons. The highest BCUT2D eigenvalue weighted by atomic mass is 16.6. The summed E-state index contributed by atoms with van der Waals surface area (Å²) >= 11 is 0. The van der Waals surface area contributed by atoms with Gasteiger partial charge in [0.1, 0.15) is 11.9 Å². The third-order valence-corrected chi connectivity index (χ3v) is 10.8. The van der Waals surface area contributed by atoms with Crippen LogP contribution >= 0.6 is 0 Å². The van der Waals surface area contributed by atoms with Gasteiger partial charge in [-0.2, -0.15) is 0 Å². The maximum Gasteiger partial charge on any atom is 0.328 e. The summed E-state index contributed by atoms with van der Waals surface area (Å²) in [6.45, 7) is 11.7. The first-order valence-electron chi connectivity index (χ1n) is 14.0. The van der Waals surface area contributed by atoms with E-state index in [0.717, 1.165) is 57.0 Å². The van der Waals surface area contributed by atoms with Crippen LogP contribution in [0.5, 0.6) is 0 Å². The van der Waals surface area contributed by atoms with Gasteiger partial charge in [-0.05, 0) is 80.6 Å². The monoisotopic (exact) mass is 516 g/mol. The molecule has 37 heavy (non-hydrogen) atoms. The number of carbonyl (C=O) groups excluding carboxylic acids is 1. The van der Waals surface area contributed by atoms with Crippen LogP contribution in [0.4, 0.5) is 0 Å². The summed E-state index contributed by atoms with van der Waals surface area (Å²) in [5, 5.41) is 23.7. The van der Waals surface area contributed by atoms with Crippen LogP contribution in [0.1, 0.15) is 85.5 Å². The van der Waals surface area contributed by atoms with E-state index in [1.165, 1.54) is 31.4 Å². The smallest absolute Gasteiger partial charge is 0.328 e. The van der Waals surface area contributed by atoms with Gasteiger partial charge in [0, 0.05) is 42.4 Å². The van der Waals surface area contributed by atoms with E-state index < -0.39 is 11.9 Å². The predicted octanol–water partition coefficient (Wildman–Crippen LogP) is 4.68. The van der Waals surface area contributed by atoms with Crippen LogP contribution in [0.2, 0.25) is 0 Å². The molecule has 0 aromatic carbocycles. The Morgan fingerprint density at radius 3 is 2.27 bits per heavy atom. The van der Waals surface area contributed by atoms with Crippen LogP contribution in [0.3, 0.4) is 0 Å². The number of carboxylic acids is 2. The van der Waals surface area contributed by atoms with Crippen molar-refractivity contribution in [2.45, 2.75) is 91.6 Å². The van der Waals surface area contributed by atoms with Gasteiger partial charge in [0.05, 0.1) is 5.71 Å². The average Bonchev–Trinajstić information content (AvgIpc) is 3.45. The number of carbonyl (C=O) groups is 3. The number of oxime groups is 1. The Morgan fingerprint density at radius 2 is 1.65 bits per heavy atom. The molecule has 0 aromatic heterocycles. The van der Waals surface area contributed by atoms with Gasteiger partial charge in [0.15, 0.2) is 0 Å². The quantitative estimate of drug-likeness (QED) is 0.366. The Kier molecular flexibility index (Phi) is 7.89. The van der Waals surface area contributed by atoms with Crippen molar-refractivity contribution in [1.29, 1.82) is 0 Å². The Balaban J connectivity index is 0.000000349. The largest absolute Gasteiger partial charge is 0.478 e. The second kappa shape index (κ2) is 10.5. The van der Waals surface area contributed by atoms with E-state index in [0.29, 0.717) is 35.2 Å². The molecular weight excluding hydrogens is 472 g/mol. The molecule has 0 amide bonds. The van der Waals surface area contributed by atoms with E-state index in [1.54, 1.807) is 0 Å². The highest BCUT2D eigenvalue weighted by molar-refractivity contribution is 5.91. The zero-order valence-corrected chi connectivity index (χ0v) is 22.8. The molecule has 1 heterocycles. The van der Waals surface area contributed by atoms with E-state index in [2.05, 4.69) is 33.0 Å². The number of carboxylic acid groups (broad SMARTS) is 2. The molecule has 4 aliphatic carbocycles. The second-order valence-electron chi connectivity index (χ2n) is 12.9. The molecule has 0 spiro atoms. The van der Waals surface area contributed by atoms with E-state index in [1.807, 2.05) is 0 Å². The minimum Gasteiger partial charge on any atom is -0.478 e. The fraction of sp³-hybridized carbons (Fsp3) is 0.793. The zero-order valence-electron chi connectivity index (χ0n) is 22.8. The number of fused-ring (bicyclic) bond motifs is 5. The molecular formula is C29H44N2O6. The molecule has 1 unspecified atom stereocenters. The van der Waals surface area contributed by atoms with E-state index in [9.17, 15) is 14.4 Å². The molecule has 5 fully saturated rings. The van der Waals surface area contributed by atoms with Gasteiger partial charge in [-0.25, -0.2) is 9.59 Å². The fourth-order valence-electron chi connectivity index (χ4n) is 8.85. The molecule has 0 bridgehead atoms. The third-order valence-electron chi connectivity index (χ3n) is 10.8. The topological polar surface area (TPSA) is 125 Å². The first-order valence-corrected chi connectivity index (χ1v) is 14.0. The van der Waals surface area contributed by atoms with Crippen molar-refractivity contribution in [3.8, 4) is 0 Å². The Labute approximate surface area is 220 Å². The molecule has 5 aliphatic rings. The zero-order chi connectivity index (χ0) is 27.0.